The molecule has 0 saturated carbocycles. The predicted octanol–water partition coefficient (Wildman–Crippen LogP) is 5.31. The molecule has 1 aliphatic carbocycles. The van der Waals surface area contributed by atoms with Gasteiger partial charge in [0.05, 0.1) is 4.90 Å². The number of aryl methyl sites for hydroxylation is 1. The van der Waals surface area contributed by atoms with Crippen molar-refractivity contribution in [2.75, 3.05) is 13.1 Å². The van der Waals surface area contributed by atoms with Crippen LogP contribution >= 0.6 is 0 Å². The van der Waals surface area contributed by atoms with Gasteiger partial charge < -0.3 is 9.84 Å². The molecule has 0 saturated heterocycles. The van der Waals surface area contributed by atoms with Crippen LogP contribution in [0.2, 0.25) is 0 Å². The zero-order chi connectivity index (χ0) is 25.4. The quantitative estimate of drug-likeness (QED) is 0.563. The Bertz CT molecular complexity index is 1290. The number of carbonyl (C=O) groups is 1. The van der Waals surface area contributed by atoms with Crippen LogP contribution in [0.5, 0.6) is 5.75 Å². The molecule has 0 bridgehead atoms. The number of rotatable bonds is 7. The first-order valence-electron chi connectivity index (χ1n) is 11.9. The second-order valence-corrected chi connectivity index (χ2v) is 12.6. The average Bonchev–Trinajstić information content (AvgIpc) is 2.77. The summed E-state index contributed by atoms with van der Waals surface area (Å²) in [6, 6.07) is 14.9. The number of ether oxygens (including phenoxy) is 1. The van der Waals surface area contributed by atoms with Gasteiger partial charge in [-0.05, 0) is 73.4 Å². The minimum absolute atomic E-state index is 0.0250. The Morgan fingerprint density at radius 3 is 2.43 bits per heavy atom. The van der Waals surface area contributed by atoms with Crippen LogP contribution in [0.4, 0.5) is 0 Å². The molecule has 186 valence electrons. The zero-order valence-corrected chi connectivity index (χ0v) is 21.6. The summed E-state index contributed by atoms with van der Waals surface area (Å²) < 4.78 is 34.2. The third-order valence-corrected chi connectivity index (χ3v) is 8.50. The van der Waals surface area contributed by atoms with Crippen LogP contribution in [0.25, 0.3) is 5.57 Å². The maximum absolute atomic E-state index is 13.6. The maximum atomic E-state index is 13.6. The summed E-state index contributed by atoms with van der Waals surface area (Å²) in [6.07, 6.45) is 6.07. The fraction of sp³-hybridized carbons (Fsp3) is 0.393. The fourth-order valence-corrected chi connectivity index (χ4v) is 6.36. The summed E-state index contributed by atoms with van der Waals surface area (Å²) in [5.41, 5.74) is 3.49. The molecular weight excluding hydrogens is 462 g/mol. The van der Waals surface area contributed by atoms with Crippen molar-refractivity contribution >= 4 is 21.6 Å². The first-order chi connectivity index (χ1) is 16.4. The normalized spacial score (nSPS) is 18.8. The third-order valence-electron chi connectivity index (χ3n) is 6.71. The number of nitrogens with zero attached hydrogens (tertiary/aromatic N) is 1. The Kier molecular flexibility index (Phi) is 6.68. The van der Waals surface area contributed by atoms with Crippen molar-refractivity contribution in [2.45, 2.75) is 57.5 Å². The summed E-state index contributed by atoms with van der Waals surface area (Å²) >= 11 is 0. The van der Waals surface area contributed by atoms with E-state index < -0.39 is 22.5 Å². The van der Waals surface area contributed by atoms with E-state index >= 15 is 0 Å². The second-order valence-electron chi connectivity index (χ2n) is 10.6. The Morgan fingerprint density at radius 2 is 1.77 bits per heavy atom. The van der Waals surface area contributed by atoms with Gasteiger partial charge in [0, 0.05) is 6.54 Å². The van der Waals surface area contributed by atoms with Crippen LogP contribution in [0.3, 0.4) is 0 Å². The van der Waals surface area contributed by atoms with Gasteiger partial charge in [0.25, 0.3) is 0 Å². The Balaban J connectivity index is 1.63. The molecule has 1 aliphatic heterocycles. The zero-order valence-electron chi connectivity index (χ0n) is 20.7. The number of fused-ring (bicyclic) bond motifs is 1. The van der Waals surface area contributed by atoms with E-state index in [-0.39, 0.29) is 22.5 Å². The van der Waals surface area contributed by atoms with E-state index in [4.69, 9.17) is 4.74 Å². The van der Waals surface area contributed by atoms with E-state index in [1.54, 1.807) is 12.1 Å². The van der Waals surface area contributed by atoms with Gasteiger partial charge in [-0.25, -0.2) is 8.42 Å². The van der Waals surface area contributed by atoms with E-state index in [2.05, 4.69) is 26.0 Å². The fourth-order valence-electron chi connectivity index (χ4n) is 4.91. The molecule has 0 unspecified atom stereocenters. The maximum Gasteiger partial charge on any atom is 0.318 e. The number of allylic oxidation sites excluding steroid dienone is 3. The van der Waals surface area contributed by atoms with Gasteiger partial charge in [-0.1, -0.05) is 61.9 Å². The molecule has 0 spiro atoms. The van der Waals surface area contributed by atoms with E-state index in [0.29, 0.717) is 18.6 Å². The minimum Gasteiger partial charge on any atom is -0.488 e. The van der Waals surface area contributed by atoms with E-state index in [0.717, 1.165) is 27.4 Å². The summed E-state index contributed by atoms with van der Waals surface area (Å²) in [7, 11) is -4.03. The molecule has 2 aromatic rings. The number of carboxylic acids is 1. The van der Waals surface area contributed by atoms with Crippen LogP contribution in [0.1, 0.15) is 51.7 Å². The number of benzene rings is 2. The van der Waals surface area contributed by atoms with Crippen molar-refractivity contribution < 1.29 is 23.1 Å². The van der Waals surface area contributed by atoms with E-state index in [9.17, 15) is 18.3 Å². The lowest BCUT2D eigenvalue weighted by Gasteiger charge is -2.34. The summed E-state index contributed by atoms with van der Waals surface area (Å²) in [6.45, 7) is 7.69. The Morgan fingerprint density at radius 1 is 1.06 bits per heavy atom. The lowest BCUT2D eigenvalue weighted by Crippen LogP contribution is -2.38. The van der Waals surface area contributed by atoms with Gasteiger partial charge in [0.1, 0.15) is 17.9 Å². The number of aliphatic carboxylic acids is 1. The van der Waals surface area contributed by atoms with Crippen LogP contribution < -0.4 is 4.74 Å². The molecule has 1 heterocycles. The van der Waals surface area contributed by atoms with Gasteiger partial charge in [0.15, 0.2) is 0 Å². The first kappa shape index (κ1) is 25.2. The van der Waals surface area contributed by atoms with Crippen LogP contribution in [0.15, 0.2) is 71.2 Å². The molecule has 35 heavy (non-hydrogen) atoms. The summed E-state index contributed by atoms with van der Waals surface area (Å²) in [4.78, 5) is 11.7. The van der Waals surface area contributed by atoms with Crippen molar-refractivity contribution in [3.05, 3.63) is 77.4 Å². The first-order valence-corrected chi connectivity index (χ1v) is 13.3. The predicted molar refractivity (Wildman–Crippen MR) is 137 cm³/mol. The molecular formula is C28H33NO5S. The molecule has 4 rings (SSSR count). The van der Waals surface area contributed by atoms with Crippen LogP contribution in [-0.4, -0.2) is 42.5 Å². The monoisotopic (exact) mass is 495 g/mol. The Labute approximate surface area is 208 Å². The molecule has 0 aromatic heterocycles. The van der Waals surface area contributed by atoms with Crippen molar-refractivity contribution in [3.63, 3.8) is 0 Å². The van der Waals surface area contributed by atoms with Gasteiger partial charge in [-0.2, -0.15) is 4.31 Å². The molecule has 0 fully saturated rings. The van der Waals surface area contributed by atoms with E-state index in [1.807, 2.05) is 44.2 Å². The van der Waals surface area contributed by atoms with Gasteiger partial charge in [-0.3, -0.25) is 4.79 Å². The van der Waals surface area contributed by atoms with Crippen LogP contribution in [0, 0.1) is 5.41 Å². The number of hydrogen-bond acceptors (Lipinski definition) is 4. The lowest BCUT2D eigenvalue weighted by atomic mass is 9.73. The van der Waals surface area contributed by atoms with Crippen molar-refractivity contribution in [2.24, 2.45) is 5.41 Å². The topological polar surface area (TPSA) is 83.9 Å². The van der Waals surface area contributed by atoms with Gasteiger partial charge in [0.2, 0.25) is 10.0 Å². The minimum atomic E-state index is -4.03. The molecule has 6 nitrogen and oxygen atoms in total. The Hall–Kier alpha value is -2.90. The SMILES string of the molecule is CC1(C)CCc2cc(S(=O)(=O)N(CC(=O)O)CC3=CC=C(c4ccccc4)C(C)(C)C3)ccc2O1. The highest BCUT2D eigenvalue weighted by Crippen LogP contribution is 2.43. The van der Waals surface area contributed by atoms with Gasteiger partial charge >= 0.3 is 5.97 Å². The van der Waals surface area contributed by atoms with Crippen LogP contribution in [-0.2, 0) is 21.2 Å². The molecule has 1 N–H and O–H groups in total. The molecule has 7 heteroatoms. The molecule has 2 aromatic carbocycles. The molecule has 2 aliphatic rings. The summed E-state index contributed by atoms with van der Waals surface area (Å²) in [5.74, 6) is -0.506. The second kappa shape index (κ2) is 9.28. The molecule has 0 atom stereocenters. The number of hydrogen-bond donors (Lipinski definition) is 1. The highest BCUT2D eigenvalue weighted by Gasteiger charge is 2.34. The standard InChI is InChI=1S/C28H33NO5S/c1-27(2)17-20(10-12-24(27)21-8-6-5-7-9-21)18-29(19-26(30)31)35(32,33)23-11-13-25-22(16-23)14-15-28(3,4)34-25/h5-13,16H,14-15,17-19H2,1-4H3,(H,30,31). The summed E-state index contributed by atoms with van der Waals surface area (Å²) in [5, 5.41) is 9.51. The smallest absolute Gasteiger partial charge is 0.318 e. The number of carboxylic acid groups (broad SMARTS) is 1. The lowest BCUT2D eigenvalue weighted by molar-refractivity contribution is -0.137. The molecule has 0 amide bonds. The highest BCUT2D eigenvalue weighted by atomic mass is 32.2. The van der Waals surface area contributed by atoms with Gasteiger partial charge in [-0.15, -0.1) is 0 Å². The van der Waals surface area contributed by atoms with E-state index in [1.165, 1.54) is 11.6 Å². The third kappa shape index (κ3) is 5.52. The largest absolute Gasteiger partial charge is 0.488 e. The molecule has 0 radical (unpaired) electrons. The van der Waals surface area contributed by atoms with Crippen molar-refractivity contribution in [1.29, 1.82) is 0 Å². The van der Waals surface area contributed by atoms with Crippen molar-refractivity contribution in [3.8, 4) is 5.75 Å². The average molecular weight is 496 g/mol. The highest BCUT2D eigenvalue weighted by molar-refractivity contribution is 7.89. The number of sulfonamides is 1. The van der Waals surface area contributed by atoms with Crippen molar-refractivity contribution in [1.82, 2.24) is 4.31 Å².